The molecule has 4 aliphatic carbocycles. The molecule has 0 heterocycles. The molecule has 118 valence electrons. The van der Waals surface area contributed by atoms with Crippen molar-refractivity contribution in [3.8, 4) is 0 Å². The Balaban J connectivity index is 1.74. The van der Waals surface area contributed by atoms with Crippen LogP contribution in [0.1, 0.15) is 78.1 Å². The van der Waals surface area contributed by atoms with Crippen LogP contribution in [0, 0.1) is 28.6 Å². The molecule has 0 radical (unpaired) electrons. The second-order valence-electron chi connectivity index (χ2n) is 9.07. The fraction of sp³-hybridized carbons (Fsp3) is 0.947. The Morgan fingerprint density at radius 1 is 0.952 bits per heavy atom. The topological polar surface area (TPSA) is 37.3 Å². The van der Waals surface area contributed by atoms with Gasteiger partial charge in [0.25, 0.3) is 0 Å². The summed E-state index contributed by atoms with van der Waals surface area (Å²) in [5.41, 5.74) is -0.657. The zero-order valence-corrected chi connectivity index (χ0v) is 13.7. The highest BCUT2D eigenvalue weighted by molar-refractivity contribution is 5.89. The summed E-state index contributed by atoms with van der Waals surface area (Å²) >= 11 is 0. The minimum atomic E-state index is -1.00. The van der Waals surface area contributed by atoms with Crippen LogP contribution in [0.15, 0.2) is 0 Å². The number of hydrogen-bond acceptors (Lipinski definition) is 2. The van der Waals surface area contributed by atoms with Crippen molar-refractivity contribution in [2.45, 2.75) is 83.7 Å². The lowest BCUT2D eigenvalue weighted by molar-refractivity contribution is -0.201. The Hall–Kier alpha value is -0.370. The van der Waals surface area contributed by atoms with Gasteiger partial charge >= 0.3 is 0 Å². The van der Waals surface area contributed by atoms with Crippen LogP contribution < -0.4 is 0 Å². The minimum absolute atomic E-state index is 0.144. The summed E-state index contributed by atoms with van der Waals surface area (Å²) in [4.78, 5) is 12.9. The molecule has 2 heteroatoms. The summed E-state index contributed by atoms with van der Waals surface area (Å²) < 4.78 is 0. The van der Waals surface area contributed by atoms with Gasteiger partial charge in [0, 0.05) is 11.8 Å². The van der Waals surface area contributed by atoms with Crippen LogP contribution in [0.25, 0.3) is 0 Å². The number of rotatable bonds is 0. The van der Waals surface area contributed by atoms with Gasteiger partial charge in [-0.2, -0.15) is 0 Å². The van der Waals surface area contributed by atoms with Gasteiger partial charge in [-0.1, -0.05) is 33.1 Å². The third kappa shape index (κ3) is 1.66. The van der Waals surface area contributed by atoms with E-state index >= 15 is 0 Å². The van der Waals surface area contributed by atoms with Crippen LogP contribution in [-0.2, 0) is 4.79 Å². The predicted molar refractivity (Wildman–Crippen MR) is 82.8 cm³/mol. The quantitative estimate of drug-likeness (QED) is 0.729. The lowest BCUT2D eigenvalue weighted by Gasteiger charge is -2.62. The van der Waals surface area contributed by atoms with E-state index in [1.807, 2.05) is 0 Å². The highest BCUT2D eigenvalue weighted by Gasteiger charge is 2.65. The summed E-state index contributed by atoms with van der Waals surface area (Å²) in [6.45, 7) is 4.72. The zero-order valence-electron chi connectivity index (χ0n) is 13.7. The Kier molecular flexibility index (Phi) is 2.94. The van der Waals surface area contributed by atoms with Gasteiger partial charge in [0.15, 0.2) is 5.78 Å². The van der Waals surface area contributed by atoms with Gasteiger partial charge in [0.05, 0.1) is 0 Å². The molecule has 0 aromatic carbocycles. The molecule has 4 rings (SSSR count). The van der Waals surface area contributed by atoms with Crippen LogP contribution in [0.2, 0.25) is 0 Å². The number of carbonyl (C=O) groups is 1. The Morgan fingerprint density at radius 2 is 1.71 bits per heavy atom. The molecule has 6 atom stereocenters. The zero-order chi connectivity index (χ0) is 14.9. The number of Topliss-reactive ketones (excluding diaryl/α,β-unsaturated/α-hetero) is 1. The minimum Gasteiger partial charge on any atom is -0.381 e. The molecule has 2 nitrogen and oxygen atoms in total. The Morgan fingerprint density at radius 3 is 2.52 bits per heavy atom. The van der Waals surface area contributed by atoms with E-state index in [-0.39, 0.29) is 11.2 Å². The monoisotopic (exact) mass is 290 g/mol. The average Bonchev–Trinajstić information content (AvgIpc) is 2.83. The Bertz CT molecular complexity index is 472. The van der Waals surface area contributed by atoms with Crippen molar-refractivity contribution in [3.05, 3.63) is 0 Å². The van der Waals surface area contributed by atoms with Crippen molar-refractivity contribution in [3.63, 3.8) is 0 Å². The fourth-order valence-electron chi connectivity index (χ4n) is 7.05. The van der Waals surface area contributed by atoms with E-state index in [0.29, 0.717) is 30.1 Å². The lowest BCUT2D eigenvalue weighted by Crippen LogP contribution is -2.65. The first-order valence-corrected chi connectivity index (χ1v) is 9.16. The third-order valence-corrected chi connectivity index (χ3v) is 8.35. The van der Waals surface area contributed by atoms with E-state index in [1.54, 1.807) is 0 Å². The first kappa shape index (κ1) is 14.2. The van der Waals surface area contributed by atoms with Crippen LogP contribution in [0.5, 0.6) is 0 Å². The molecule has 0 bridgehead atoms. The van der Waals surface area contributed by atoms with E-state index in [4.69, 9.17) is 0 Å². The van der Waals surface area contributed by atoms with Gasteiger partial charge in [-0.25, -0.2) is 0 Å². The van der Waals surface area contributed by atoms with Crippen molar-refractivity contribution < 1.29 is 9.90 Å². The number of carbonyl (C=O) groups excluding carboxylic acids is 1. The van der Waals surface area contributed by atoms with Crippen LogP contribution in [-0.4, -0.2) is 16.5 Å². The van der Waals surface area contributed by atoms with Gasteiger partial charge in [0.2, 0.25) is 0 Å². The van der Waals surface area contributed by atoms with E-state index in [9.17, 15) is 9.90 Å². The van der Waals surface area contributed by atoms with Crippen LogP contribution in [0.4, 0.5) is 0 Å². The second kappa shape index (κ2) is 4.34. The van der Waals surface area contributed by atoms with Crippen molar-refractivity contribution in [2.24, 2.45) is 28.6 Å². The summed E-state index contributed by atoms with van der Waals surface area (Å²) in [5, 5.41) is 11.2. The molecule has 0 aromatic heterocycles. The number of hydrogen-bond donors (Lipinski definition) is 1. The molecular formula is C19H30O2. The molecule has 0 amide bonds. The second-order valence-corrected chi connectivity index (χ2v) is 9.07. The summed E-state index contributed by atoms with van der Waals surface area (Å²) in [6.07, 6.45) is 11.2. The number of aliphatic hydroxyl groups is 1. The van der Waals surface area contributed by atoms with Gasteiger partial charge in [-0.05, 0) is 61.7 Å². The summed E-state index contributed by atoms with van der Waals surface area (Å²) in [6, 6.07) is 0. The fourth-order valence-corrected chi connectivity index (χ4v) is 7.05. The van der Waals surface area contributed by atoms with Gasteiger partial charge in [0.1, 0.15) is 5.60 Å². The van der Waals surface area contributed by atoms with E-state index < -0.39 is 5.60 Å². The highest BCUT2D eigenvalue weighted by Crippen LogP contribution is 2.66. The lowest BCUT2D eigenvalue weighted by atomic mass is 9.43. The predicted octanol–water partition coefficient (Wildman–Crippen LogP) is 4.10. The Labute approximate surface area is 128 Å². The molecule has 4 aliphatic rings. The molecule has 6 unspecified atom stereocenters. The number of ketones is 1. The first-order chi connectivity index (χ1) is 9.91. The van der Waals surface area contributed by atoms with E-state index in [0.717, 1.165) is 18.8 Å². The molecule has 0 aromatic rings. The van der Waals surface area contributed by atoms with Crippen molar-refractivity contribution in [2.75, 3.05) is 0 Å². The molecule has 0 saturated heterocycles. The third-order valence-electron chi connectivity index (χ3n) is 8.35. The maximum absolute atomic E-state index is 12.9. The van der Waals surface area contributed by atoms with Crippen molar-refractivity contribution in [1.29, 1.82) is 0 Å². The van der Waals surface area contributed by atoms with Gasteiger partial charge in [-0.15, -0.1) is 0 Å². The van der Waals surface area contributed by atoms with Crippen molar-refractivity contribution >= 4 is 5.78 Å². The normalized spacial score (nSPS) is 56.5. The highest BCUT2D eigenvalue weighted by atomic mass is 16.3. The molecule has 4 saturated carbocycles. The molecule has 0 spiro atoms. The molecule has 21 heavy (non-hydrogen) atoms. The van der Waals surface area contributed by atoms with Crippen molar-refractivity contribution in [1.82, 2.24) is 0 Å². The van der Waals surface area contributed by atoms with E-state index in [1.165, 1.54) is 38.5 Å². The van der Waals surface area contributed by atoms with Crippen LogP contribution in [0.3, 0.4) is 0 Å². The largest absolute Gasteiger partial charge is 0.381 e. The van der Waals surface area contributed by atoms with E-state index in [2.05, 4.69) is 13.8 Å². The standard InChI is InChI=1S/C19H30O2/c1-17-8-5-6-14(17)13-12-16(20)19(21)10-4-3-9-18(19,2)15(13)7-11-17/h13-15,21H,3-12H2,1-2H3. The van der Waals surface area contributed by atoms with Crippen LogP contribution >= 0.6 is 0 Å². The smallest absolute Gasteiger partial charge is 0.165 e. The first-order valence-electron chi connectivity index (χ1n) is 9.16. The SMILES string of the molecule is CC12CCCC1C1CC(=O)C3(O)CCCCC3(C)C1CC2. The van der Waals surface area contributed by atoms with Gasteiger partial charge < -0.3 is 5.11 Å². The maximum Gasteiger partial charge on any atom is 0.165 e. The molecule has 1 N–H and O–H groups in total. The summed E-state index contributed by atoms with van der Waals surface area (Å²) in [5.74, 6) is 2.06. The average molecular weight is 290 g/mol. The van der Waals surface area contributed by atoms with Gasteiger partial charge in [-0.3, -0.25) is 4.79 Å². The summed E-state index contributed by atoms with van der Waals surface area (Å²) in [7, 11) is 0. The molecule has 4 fully saturated rings. The number of fused-ring (bicyclic) bond motifs is 5. The molecular weight excluding hydrogens is 260 g/mol. The molecule has 0 aliphatic heterocycles. The maximum atomic E-state index is 12.9.